The van der Waals surface area contributed by atoms with Crippen LogP contribution in [0, 0.1) is 7.43 Å². The van der Waals surface area contributed by atoms with Crippen molar-refractivity contribution in [3.05, 3.63) is 53.3 Å². The van der Waals surface area contributed by atoms with E-state index in [4.69, 9.17) is 5.73 Å². The third-order valence-corrected chi connectivity index (χ3v) is 6.28. The van der Waals surface area contributed by atoms with Crippen LogP contribution in [0.5, 0.6) is 0 Å². The fourth-order valence-corrected chi connectivity index (χ4v) is 4.30. The quantitative estimate of drug-likeness (QED) is 0.360. The molecule has 0 amide bonds. The van der Waals surface area contributed by atoms with Gasteiger partial charge in [-0.15, -0.1) is 6.04 Å². The van der Waals surface area contributed by atoms with E-state index in [1.807, 2.05) is 41.6 Å². The van der Waals surface area contributed by atoms with Crippen LogP contribution >= 0.6 is 9.69 Å². The first-order valence-corrected chi connectivity index (χ1v) is 12.5. The average Bonchev–Trinajstić information content (AvgIpc) is 2.59. The molecule has 0 saturated heterocycles. The number of halogens is 1. The molecule has 1 aromatic rings. The predicted octanol–water partition coefficient (Wildman–Crippen LogP) is 6.08. The summed E-state index contributed by atoms with van der Waals surface area (Å²) in [7, 11) is 1.05. The zero-order valence-electron chi connectivity index (χ0n) is 16.1. The van der Waals surface area contributed by atoms with Gasteiger partial charge in [-0.3, -0.25) is 0 Å². The molecule has 1 aromatic carbocycles. The first kappa shape index (κ1) is 26.0. The van der Waals surface area contributed by atoms with Crippen molar-refractivity contribution in [3.63, 3.8) is 0 Å². The second-order valence-corrected chi connectivity index (χ2v) is 8.89. The Morgan fingerprint density at radius 1 is 1.19 bits per heavy atom. The van der Waals surface area contributed by atoms with Crippen LogP contribution in [0.15, 0.2) is 24.3 Å². The summed E-state index contributed by atoms with van der Waals surface area (Å²) in [5.74, 6) is -0.0664. The number of benzene rings is 1. The van der Waals surface area contributed by atoms with Gasteiger partial charge in [0, 0.05) is 0 Å². The van der Waals surface area contributed by atoms with E-state index in [0.717, 1.165) is 37.7 Å². The maximum atomic E-state index is 12.3. The number of nitrogens with zero attached hydrogens (tertiary/aromatic N) is 1. The molecule has 150 valence electrons. The average molecular weight is 488 g/mol. The summed E-state index contributed by atoms with van der Waals surface area (Å²) in [5.41, 5.74) is 10.0. The van der Waals surface area contributed by atoms with Crippen molar-refractivity contribution in [2.45, 2.75) is 76.1 Å². The van der Waals surface area contributed by atoms with E-state index in [1.54, 1.807) is 0 Å². The standard InChI is InChI=1S/C18H28N2O2S.CH3.ClH.Ru/c1-4-18(2,3)15-11-9-14(10-12-15)13-23(21,22)20-17-8-6-5-7-16(17)19;;;/h9-12,16-17,19H,4-8,13H2,1-3H3;1H3;1H;/q-2;-1;;+4/p-1. The molecule has 1 fully saturated rings. The van der Waals surface area contributed by atoms with Crippen molar-refractivity contribution in [1.82, 2.24) is 0 Å². The maximum absolute atomic E-state index is 12.3. The molecule has 4 nitrogen and oxygen atoms in total. The Balaban J connectivity index is 0.00000201. The van der Waals surface area contributed by atoms with Gasteiger partial charge >= 0.3 is 27.0 Å². The van der Waals surface area contributed by atoms with E-state index >= 15 is 0 Å². The van der Waals surface area contributed by atoms with Crippen LogP contribution in [0.1, 0.15) is 64.0 Å². The summed E-state index contributed by atoms with van der Waals surface area (Å²) >= 11 is 1.82. The SMILES string of the molecule is CCC(C)(C)c1ccc(CS(=O)(=O)[N-]C2CCCCC2[NH-])cc1.[CH3-].[Cl][Ru+3]. The van der Waals surface area contributed by atoms with E-state index in [1.165, 1.54) is 5.56 Å². The van der Waals surface area contributed by atoms with Gasteiger partial charge in [0.15, 0.2) is 0 Å². The van der Waals surface area contributed by atoms with Crippen LogP contribution in [0.4, 0.5) is 0 Å². The Morgan fingerprint density at radius 3 is 2.23 bits per heavy atom. The second-order valence-electron chi connectivity index (χ2n) is 7.22. The van der Waals surface area contributed by atoms with Gasteiger partial charge in [-0.2, -0.15) is 6.04 Å². The molecule has 0 bridgehead atoms. The van der Waals surface area contributed by atoms with Crippen LogP contribution in [0.2, 0.25) is 0 Å². The van der Waals surface area contributed by atoms with Crippen molar-refractivity contribution in [2.75, 3.05) is 0 Å². The molecule has 1 aliphatic rings. The molecule has 0 aliphatic heterocycles. The van der Waals surface area contributed by atoms with Crippen LogP contribution in [-0.4, -0.2) is 20.5 Å². The summed E-state index contributed by atoms with van der Waals surface area (Å²) in [4.78, 5) is 0. The third-order valence-electron chi connectivity index (χ3n) is 4.99. The Labute approximate surface area is 174 Å². The summed E-state index contributed by atoms with van der Waals surface area (Å²) in [6.07, 6.45) is 4.49. The Bertz CT molecular complexity index is 621. The monoisotopic (exact) mass is 488 g/mol. The Morgan fingerprint density at radius 2 is 1.73 bits per heavy atom. The summed E-state index contributed by atoms with van der Waals surface area (Å²) in [5, 5.41) is 0. The van der Waals surface area contributed by atoms with Gasteiger partial charge in [0.05, 0.1) is 15.8 Å². The van der Waals surface area contributed by atoms with Gasteiger partial charge in [0.25, 0.3) is 0 Å². The van der Waals surface area contributed by atoms with Gasteiger partial charge in [0.1, 0.15) is 0 Å². The van der Waals surface area contributed by atoms with Crippen LogP contribution in [-0.2, 0) is 38.5 Å². The van der Waals surface area contributed by atoms with E-state index in [2.05, 4.69) is 35.2 Å². The summed E-state index contributed by atoms with van der Waals surface area (Å²) in [6, 6.07) is 7.08. The second kappa shape index (κ2) is 11.8. The minimum absolute atomic E-state index is 0. The van der Waals surface area contributed by atoms with E-state index < -0.39 is 10.0 Å². The summed E-state index contributed by atoms with van der Waals surface area (Å²) in [6.45, 7) is 6.52. The molecular weight excluding hydrogens is 457 g/mol. The van der Waals surface area contributed by atoms with Crippen LogP contribution < -0.4 is 0 Å². The fraction of sp³-hybridized carbons (Fsp3) is 0.632. The zero-order valence-corrected chi connectivity index (χ0v) is 19.4. The molecule has 2 unspecified atom stereocenters. The number of rotatable bonds is 6. The van der Waals surface area contributed by atoms with Gasteiger partial charge in [0.2, 0.25) is 0 Å². The normalized spacial score (nSPS) is 20.5. The first-order chi connectivity index (χ1) is 11.7. The molecule has 7 heteroatoms. The topological polar surface area (TPSA) is 72.0 Å². The molecule has 1 aliphatic carbocycles. The van der Waals surface area contributed by atoms with Crippen molar-refractivity contribution in [3.8, 4) is 0 Å². The molecule has 0 radical (unpaired) electrons. The van der Waals surface area contributed by atoms with E-state index in [0.29, 0.717) is 0 Å². The Kier molecular flexibility index (Phi) is 11.8. The fourth-order valence-electron chi connectivity index (χ4n) is 2.95. The number of hydrogen-bond donors (Lipinski definition) is 0. The molecule has 0 heterocycles. The number of hydrogen-bond acceptors (Lipinski definition) is 2. The molecule has 0 aromatic heterocycles. The molecule has 1 saturated carbocycles. The van der Waals surface area contributed by atoms with E-state index in [-0.39, 0.29) is 30.7 Å². The van der Waals surface area contributed by atoms with Crippen molar-refractivity contribution in [1.29, 1.82) is 0 Å². The summed E-state index contributed by atoms with van der Waals surface area (Å²) < 4.78 is 28.6. The molecule has 1 N–H and O–H groups in total. The van der Waals surface area contributed by atoms with Crippen molar-refractivity contribution >= 4 is 19.7 Å². The molecule has 0 spiro atoms. The van der Waals surface area contributed by atoms with E-state index in [9.17, 15) is 8.42 Å². The predicted molar refractivity (Wildman–Crippen MR) is 108 cm³/mol. The minimum atomic E-state index is -3.52. The van der Waals surface area contributed by atoms with Gasteiger partial charge in [-0.05, 0) is 23.0 Å². The number of sulfonamides is 1. The van der Waals surface area contributed by atoms with Gasteiger partial charge in [-0.1, -0.05) is 70.7 Å². The van der Waals surface area contributed by atoms with Crippen LogP contribution in [0.25, 0.3) is 10.5 Å². The Hall–Kier alpha value is 0.00338. The van der Waals surface area contributed by atoms with Crippen molar-refractivity contribution in [2.24, 2.45) is 0 Å². The number of nitrogens with one attached hydrogen (secondary N) is 1. The third kappa shape index (κ3) is 7.94. The molecular formula is C19H31ClN2O2RuS. The molecule has 2 rings (SSSR count). The van der Waals surface area contributed by atoms with Crippen molar-refractivity contribution < 1.29 is 25.7 Å². The first-order valence-electron chi connectivity index (χ1n) is 8.62. The zero-order chi connectivity index (χ0) is 19.1. The van der Waals surface area contributed by atoms with Gasteiger partial charge in [-0.25, -0.2) is 8.42 Å². The molecule has 26 heavy (non-hydrogen) atoms. The molecule has 2 atom stereocenters. The van der Waals surface area contributed by atoms with Crippen LogP contribution in [0.3, 0.4) is 0 Å². The van der Waals surface area contributed by atoms with Gasteiger partial charge < -0.3 is 17.9 Å².